The molecule has 0 radical (unpaired) electrons. The maximum absolute atomic E-state index is 13.1. The molecule has 30 heavy (non-hydrogen) atoms. The van der Waals surface area contributed by atoms with E-state index in [0.29, 0.717) is 12.3 Å². The fourth-order valence-corrected chi connectivity index (χ4v) is 4.46. The highest BCUT2D eigenvalue weighted by molar-refractivity contribution is 7.89. The zero-order valence-corrected chi connectivity index (χ0v) is 20.1. The zero-order chi connectivity index (χ0) is 22.9. The monoisotopic (exact) mass is 435 g/mol. The molecule has 168 valence electrons. The lowest BCUT2D eigenvalue weighted by molar-refractivity contribution is 0.0389. The Morgan fingerprint density at radius 2 is 1.73 bits per heavy atom. The molecule has 1 unspecified atom stereocenters. The Hall–Kier alpha value is -2.00. The van der Waals surface area contributed by atoms with Gasteiger partial charge in [0.1, 0.15) is 5.60 Å². The van der Waals surface area contributed by atoms with Gasteiger partial charge in [0.15, 0.2) is 0 Å². The van der Waals surface area contributed by atoms with Crippen molar-refractivity contribution in [2.45, 2.75) is 84.1 Å². The van der Waals surface area contributed by atoms with Crippen LogP contribution in [0.5, 0.6) is 0 Å². The Bertz CT molecular complexity index is 814. The molecule has 0 bridgehead atoms. The van der Waals surface area contributed by atoms with Gasteiger partial charge >= 0.3 is 6.09 Å². The van der Waals surface area contributed by atoms with Crippen molar-refractivity contribution in [1.29, 1.82) is 0 Å². The number of hydrogen-bond donors (Lipinski definition) is 0. The van der Waals surface area contributed by atoms with Gasteiger partial charge in [0.2, 0.25) is 0 Å². The van der Waals surface area contributed by atoms with E-state index in [4.69, 9.17) is 11.2 Å². The minimum Gasteiger partial charge on any atom is -0.443 e. The molecule has 0 saturated carbocycles. The van der Waals surface area contributed by atoms with Crippen molar-refractivity contribution in [1.82, 2.24) is 4.31 Å². The van der Waals surface area contributed by atoms with Crippen molar-refractivity contribution in [2.75, 3.05) is 6.54 Å². The highest BCUT2D eigenvalue weighted by Gasteiger charge is 2.32. The van der Waals surface area contributed by atoms with Crippen LogP contribution in [-0.4, -0.2) is 31.0 Å². The molecule has 1 atom stereocenters. The summed E-state index contributed by atoms with van der Waals surface area (Å²) in [6, 6.07) is 6.47. The van der Waals surface area contributed by atoms with Crippen LogP contribution in [0.2, 0.25) is 0 Å². The van der Waals surface area contributed by atoms with Crippen molar-refractivity contribution in [2.24, 2.45) is 11.8 Å². The van der Waals surface area contributed by atoms with Crippen LogP contribution in [0.25, 0.3) is 0 Å². The third-order valence-corrected chi connectivity index (χ3v) is 6.39. The van der Waals surface area contributed by atoms with Gasteiger partial charge in [-0.2, -0.15) is 0 Å². The Morgan fingerprint density at radius 1 is 1.13 bits per heavy atom. The SMILES string of the molecule is C#CC(CCCCCN(C(=O)OC(C)(C)C)S(=O)(=O)c1ccc(C)cc1)CC(C)C. The molecule has 0 heterocycles. The van der Waals surface area contributed by atoms with E-state index < -0.39 is 21.7 Å². The van der Waals surface area contributed by atoms with Gasteiger partial charge in [-0.25, -0.2) is 17.5 Å². The molecule has 0 N–H and O–H groups in total. The van der Waals surface area contributed by atoms with Crippen LogP contribution < -0.4 is 0 Å². The summed E-state index contributed by atoms with van der Waals surface area (Å²) in [4.78, 5) is 12.8. The van der Waals surface area contributed by atoms with Crippen LogP contribution >= 0.6 is 0 Å². The summed E-state index contributed by atoms with van der Waals surface area (Å²) >= 11 is 0. The number of unbranched alkanes of at least 4 members (excludes halogenated alkanes) is 2. The van der Waals surface area contributed by atoms with Gasteiger partial charge in [-0.05, 0) is 65.0 Å². The summed E-state index contributed by atoms with van der Waals surface area (Å²) in [5.41, 5.74) is 0.164. The summed E-state index contributed by atoms with van der Waals surface area (Å²) in [5.74, 6) is 3.64. The number of terminal acetylenes is 1. The molecule has 0 aromatic heterocycles. The highest BCUT2D eigenvalue weighted by atomic mass is 32.2. The van der Waals surface area contributed by atoms with Crippen LogP contribution in [-0.2, 0) is 14.8 Å². The number of carbonyl (C=O) groups is 1. The van der Waals surface area contributed by atoms with Crippen LogP contribution in [0.15, 0.2) is 29.2 Å². The first-order valence-electron chi connectivity index (χ1n) is 10.7. The molecule has 1 rings (SSSR count). The predicted octanol–water partition coefficient (Wildman–Crippen LogP) is 5.78. The number of nitrogens with zero attached hydrogens (tertiary/aromatic N) is 1. The van der Waals surface area contributed by atoms with E-state index in [2.05, 4.69) is 19.8 Å². The molecule has 0 aliphatic rings. The molecule has 0 aliphatic carbocycles. The van der Waals surface area contributed by atoms with Gasteiger partial charge in [0, 0.05) is 12.5 Å². The van der Waals surface area contributed by atoms with Crippen LogP contribution in [0.1, 0.15) is 72.3 Å². The van der Waals surface area contributed by atoms with Gasteiger partial charge < -0.3 is 4.74 Å². The van der Waals surface area contributed by atoms with E-state index in [1.807, 2.05) is 6.92 Å². The Kier molecular flexibility index (Phi) is 9.90. The first-order valence-corrected chi connectivity index (χ1v) is 12.1. The van der Waals surface area contributed by atoms with Crippen molar-refractivity contribution >= 4 is 16.1 Å². The summed E-state index contributed by atoms with van der Waals surface area (Å²) < 4.78 is 32.4. The largest absolute Gasteiger partial charge is 0.443 e. The smallest absolute Gasteiger partial charge is 0.424 e. The summed E-state index contributed by atoms with van der Waals surface area (Å²) in [7, 11) is -3.99. The fourth-order valence-electron chi connectivity index (χ4n) is 3.12. The maximum Gasteiger partial charge on any atom is 0.424 e. The highest BCUT2D eigenvalue weighted by Crippen LogP contribution is 2.22. The molecular weight excluding hydrogens is 398 g/mol. The topological polar surface area (TPSA) is 63.7 Å². The van der Waals surface area contributed by atoms with E-state index in [1.54, 1.807) is 32.9 Å². The molecule has 6 heteroatoms. The van der Waals surface area contributed by atoms with Crippen LogP contribution in [0, 0.1) is 31.1 Å². The van der Waals surface area contributed by atoms with E-state index in [-0.39, 0.29) is 17.4 Å². The standard InChI is InChI=1S/C24H37NO4S/c1-8-21(18-19(2)3)12-10-9-11-17-25(23(26)29-24(5,6)7)30(27,28)22-15-13-20(4)14-16-22/h1,13-16,19,21H,9-12,17-18H2,2-7H3. The molecule has 1 amide bonds. The van der Waals surface area contributed by atoms with Gasteiger partial charge in [-0.15, -0.1) is 12.3 Å². The van der Waals surface area contributed by atoms with Crippen molar-refractivity contribution in [3.63, 3.8) is 0 Å². The number of sulfonamides is 1. The van der Waals surface area contributed by atoms with Crippen molar-refractivity contribution in [3.05, 3.63) is 29.8 Å². The zero-order valence-electron chi connectivity index (χ0n) is 19.3. The second-order valence-corrected chi connectivity index (χ2v) is 11.1. The molecule has 1 aromatic rings. The number of hydrogen-bond acceptors (Lipinski definition) is 4. The Labute approximate surface area is 183 Å². The molecule has 0 saturated heterocycles. The van der Waals surface area contributed by atoms with Gasteiger partial charge in [0.05, 0.1) is 4.90 Å². The van der Waals surface area contributed by atoms with E-state index in [1.165, 1.54) is 12.1 Å². The van der Waals surface area contributed by atoms with Crippen molar-refractivity contribution in [3.8, 4) is 12.3 Å². The van der Waals surface area contributed by atoms with E-state index >= 15 is 0 Å². The lowest BCUT2D eigenvalue weighted by Gasteiger charge is -2.27. The molecule has 1 aromatic carbocycles. The van der Waals surface area contributed by atoms with Gasteiger partial charge in [-0.1, -0.05) is 44.4 Å². The normalized spacial score (nSPS) is 13.0. The van der Waals surface area contributed by atoms with Gasteiger partial charge in [-0.3, -0.25) is 0 Å². The Morgan fingerprint density at radius 3 is 2.23 bits per heavy atom. The molecule has 0 spiro atoms. The Balaban J connectivity index is 2.84. The van der Waals surface area contributed by atoms with E-state index in [9.17, 15) is 13.2 Å². The molecular formula is C24H37NO4S. The van der Waals surface area contributed by atoms with Gasteiger partial charge in [0.25, 0.3) is 10.0 Å². The first-order chi connectivity index (χ1) is 13.9. The maximum atomic E-state index is 13.1. The average molecular weight is 436 g/mol. The minimum absolute atomic E-state index is 0.0794. The lowest BCUT2D eigenvalue weighted by Crippen LogP contribution is -2.41. The second-order valence-electron chi connectivity index (χ2n) is 9.21. The molecule has 0 aliphatic heterocycles. The predicted molar refractivity (Wildman–Crippen MR) is 122 cm³/mol. The molecule has 0 fully saturated rings. The summed E-state index contributed by atoms with van der Waals surface area (Å²) in [5, 5.41) is 0. The lowest BCUT2D eigenvalue weighted by atomic mass is 9.93. The third-order valence-electron chi connectivity index (χ3n) is 4.61. The quantitative estimate of drug-likeness (QED) is 0.345. The number of ether oxygens (including phenoxy) is 1. The van der Waals surface area contributed by atoms with E-state index in [0.717, 1.165) is 35.6 Å². The fraction of sp³-hybridized carbons (Fsp3) is 0.625. The number of benzene rings is 1. The van der Waals surface area contributed by atoms with Crippen molar-refractivity contribution < 1.29 is 17.9 Å². The summed E-state index contributed by atoms with van der Waals surface area (Å²) in [6.45, 7) is 11.4. The summed E-state index contributed by atoms with van der Waals surface area (Å²) in [6.07, 6.45) is 8.92. The number of amides is 1. The first kappa shape index (κ1) is 26.0. The minimum atomic E-state index is -3.99. The van der Waals surface area contributed by atoms with Crippen LogP contribution in [0.4, 0.5) is 4.79 Å². The van der Waals surface area contributed by atoms with Crippen LogP contribution in [0.3, 0.4) is 0 Å². The number of rotatable bonds is 10. The number of aryl methyl sites for hydroxylation is 1. The third kappa shape index (κ3) is 8.79. The average Bonchev–Trinajstić information content (AvgIpc) is 2.61. The molecule has 5 nitrogen and oxygen atoms in total. The second kappa shape index (κ2) is 11.4. The number of carbonyl (C=O) groups excluding carboxylic acids is 1.